The van der Waals surface area contributed by atoms with E-state index in [9.17, 15) is 13.2 Å². The fourth-order valence-electron chi connectivity index (χ4n) is 2.24. The molecule has 1 N–H and O–H groups in total. The molecule has 0 bridgehead atoms. The molecule has 1 aromatic carbocycles. The maximum absolute atomic E-state index is 12.3. The Morgan fingerprint density at radius 1 is 1.20 bits per heavy atom. The standard InChI is InChI=1S/C17H16N2O4S2/c1-11-3-8-15(23-11)14-9-24-17(18-14)19-16(20)13-6-4-12(5-7-13)10-25(2,21)22/h3-9H,10H2,1-2H3,(H,18,19,20). The van der Waals surface area contributed by atoms with Crippen molar-refractivity contribution in [3.05, 3.63) is 58.7 Å². The lowest BCUT2D eigenvalue weighted by atomic mass is 10.1. The van der Waals surface area contributed by atoms with Gasteiger partial charge in [0.15, 0.2) is 20.7 Å². The molecule has 130 valence electrons. The highest BCUT2D eigenvalue weighted by Gasteiger charge is 2.12. The van der Waals surface area contributed by atoms with Gasteiger partial charge < -0.3 is 4.42 Å². The van der Waals surface area contributed by atoms with E-state index in [0.29, 0.717) is 27.7 Å². The second-order valence-electron chi connectivity index (χ2n) is 5.67. The van der Waals surface area contributed by atoms with Crippen LogP contribution in [0.15, 0.2) is 46.2 Å². The summed E-state index contributed by atoms with van der Waals surface area (Å²) >= 11 is 1.31. The van der Waals surface area contributed by atoms with Crippen LogP contribution in [0.4, 0.5) is 5.13 Å². The molecule has 6 nitrogen and oxygen atoms in total. The number of hydrogen-bond acceptors (Lipinski definition) is 6. The van der Waals surface area contributed by atoms with Gasteiger partial charge in [0, 0.05) is 17.2 Å². The van der Waals surface area contributed by atoms with E-state index in [1.807, 2.05) is 24.4 Å². The fourth-order valence-corrected chi connectivity index (χ4v) is 3.73. The third kappa shape index (κ3) is 4.55. The van der Waals surface area contributed by atoms with E-state index >= 15 is 0 Å². The first-order valence-corrected chi connectivity index (χ1v) is 10.3. The lowest BCUT2D eigenvalue weighted by molar-refractivity contribution is 0.102. The van der Waals surface area contributed by atoms with E-state index < -0.39 is 9.84 Å². The van der Waals surface area contributed by atoms with E-state index in [1.165, 1.54) is 17.6 Å². The van der Waals surface area contributed by atoms with Crippen LogP contribution in [0.3, 0.4) is 0 Å². The maximum Gasteiger partial charge on any atom is 0.257 e. The van der Waals surface area contributed by atoms with Crippen LogP contribution >= 0.6 is 11.3 Å². The first-order chi connectivity index (χ1) is 11.8. The number of amides is 1. The van der Waals surface area contributed by atoms with Gasteiger partial charge in [0.1, 0.15) is 11.5 Å². The molecule has 0 radical (unpaired) electrons. The highest BCUT2D eigenvalue weighted by Crippen LogP contribution is 2.26. The number of sulfone groups is 1. The predicted octanol–water partition coefficient (Wildman–Crippen LogP) is 3.51. The number of thiazole rings is 1. The van der Waals surface area contributed by atoms with Crippen molar-refractivity contribution in [2.24, 2.45) is 0 Å². The maximum atomic E-state index is 12.3. The lowest BCUT2D eigenvalue weighted by Crippen LogP contribution is -2.11. The number of hydrogen-bond donors (Lipinski definition) is 1. The predicted molar refractivity (Wildman–Crippen MR) is 97.5 cm³/mol. The van der Waals surface area contributed by atoms with Gasteiger partial charge in [0.05, 0.1) is 5.75 Å². The number of aromatic nitrogens is 1. The van der Waals surface area contributed by atoms with Gasteiger partial charge in [-0.05, 0) is 36.8 Å². The third-order valence-corrected chi connectivity index (χ3v) is 4.98. The number of anilines is 1. The molecule has 0 saturated heterocycles. The number of carbonyl (C=O) groups excluding carboxylic acids is 1. The second-order valence-corrected chi connectivity index (χ2v) is 8.67. The third-order valence-electron chi connectivity index (χ3n) is 3.36. The Hall–Kier alpha value is -2.45. The zero-order valence-electron chi connectivity index (χ0n) is 13.6. The summed E-state index contributed by atoms with van der Waals surface area (Å²) in [5.41, 5.74) is 1.74. The summed E-state index contributed by atoms with van der Waals surface area (Å²) in [6.45, 7) is 1.85. The van der Waals surface area contributed by atoms with Crippen LogP contribution in [0.2, 0.25) is 0 Å². The normalized spacial score (nSPS) is 11.4. The van der Waals surface area contributed by atoms with Gasteiger partial charge in [-0.15, -0.1) is 11.3 Å². The van der Waals surface area contributed by atoms with Crippen molar-refractivity contribution in [1.29, 1.82) is 0 Å². The van der Waals surface area contributed by atoms with Gasteiger partial charge in [-0.2, -0.15) is 0 Å². The van der Waals surface area contributed by atoms with Crippen LogP contribution in [0.1, 0.15) is 21.7 Å². The molecule has 3 aromatic rings. The quantitative estimate of drug-likeness (QED) is 0.736. The summed E-state index contributed by atoms with van der Waals surface area (Å²) in [5, 5.41) is 5.01. The number of carbonyl (C=O) groups is 1. The Labute approximate surface area is 149 Å². The second kappa shape index (κ2) is 6.81. The monoisotopic (exact) mass is 376 g/mol. The molecule has 0 fully saturated rings. The molecule has 1 amide bonds. The number of furan rings is 1. The molecule has 2 aromatic heterocycles. The molecule has 0 unspecified atom stereocenters. The number of benzene rings is 1. The summed E-state index contributed by atoms with van der Waals surface area (Å²) in [4.78, 5) is 16.6. The van der Waals surface area contributed by atoms with Crippen molar-refractivity contribution < 1.29 is 17.6 Å². The minimum atomic E-state index is -3.10. The van der Waals surface area contributed by atoms with E-state index in [-0.39, 0.29) is 11.7 Å². The lowest BCUT2D eigenvalue weighted by Gasteiger charge is -2.03. The molecule has 0 atom stereocenters. The Balaban J connectivity index is 1.69. The van der Waals surface area contributed by atoms with Gasteiger partial charge in [0.2, 0.25) is 0 Å². The molecular weight excluding hydrogens is 360 g/mol. The first-order valence-electron chi connectivity index (χ1n) is 7.40. The minimum Gasteiger partial charge on any atom is -0.460 e. The first kappa shape index (κ1) is 17.4. The van der Waals surface area contributed by atoms with Gasteiger partial charge >= 0.3 is 0 Å². The number of rotatable bonds is 5. The molecule has 25 heavy (non-hydrogen) atoms. The molecular formula is C17H16N2O4S2. The molecule has 0 aliphatic rings. The summed E-state index contributed by atoms with van der Waals surface area (Å²) in [5.74, 6) is 1.09. The molecule has 3 rings (SSSR count). The minimum absolute atomic E-state index is 0.0483. The summed E-state index contributed by atoms with van der Waals surface area (Å²) < 4.78 is 28.1. The highest BCUT2D eigenvalue weighted by molar-refractivity contribution is 7.89. The SMILES string of the molecule is Cc1ccc(-c2csc(NC(=O)c3ccc(CS(C)(=O)=O)cc3)n2)o1. The molecule has 2 heterocycles. The van der Waals surface area contributed by atoms with Gasteiger partial charge in [-0.1, -0.05) is 12.1 Å². The van der Waals surface area contributed by atoms with Gasteiger partial charge in [-0.3, -0.25) is 10.1 Å². The van der Waals surface area contributed by atoms with E-state index in [0.717, 1.165) is 5.76 Å². The molecule has 0 spiro atoms. The number of nitrogens with one attached hydrogen (secondary N) is 1. The fraction of sp³-hybridized carbons (Fsp3) is 0.176. The Bertz CT molecular complexity index is 1000. The van der Waals surface area contributed by atoms with E-state index in [1.54, 1.807) is 24.3 Å². The zero-order chi connectivity index (χ0) is 18.0. The van der Waals surface area contributed by atoms with Crippen molar-refractivity contribution in [2.75, 3.05) is 11.6 Å². The summed E-state index contributed by atoms with van der Waals surface area (Å²) in [6, 6.07) is 10.1. The Kier molecular flexibility index (Phi) is 4.73. The topological polar surface area (TPSA) is 89.3 Å². The van der Waals surface area contributed by atoms with Crippen molar-refractivity contribution in [1.82, 2.24) is 4.98 Å². The van der Waals surface area contributed by atoms with Crippen LogP contribution in [0.25, 0.3) is 11.5 Å². The van der Waals surface area contributed by atoms with Crippen molar-refractivity contribution >= 4 is 32.2 Å². The average molecular weight is 376 g/mol. The number of aryl methyl sites for hydroxylation is 1. The average Bonchev–Trinajstić information content (AvgIpc) is 3.15. The van der Waals surface area contributed by atoms with Crippen molar-refractivity contribution in [3.8, 4) is 11.5 Å². The molecule has 0 aliphatic heterocycles. The van der Waals surface area contributed by atoms with Crippen LogP contribution in [0.5, 0.6) is 0 Å². The smallest absolute Gasteiger partial charge is 0.257 e. The van der Waals surface area contributed by atoms with Crippen LogP contribution < -0.4 is 5.32 Å². The van der Waals surface area contributed by atoms with E-state index in [2.05, 4.69) is 10.3 Å². The highest BCUT2D eigenvalue weighted by atomic mass is 32.2. The Morgan fingerprint density at radius 2 is 1.92 bits per heavy atom. The summed E-state index contributed by atoms with van der Waals surface area (Å²) in [6.07, 6.45) is 1.17. The van der Waals surface area contributed by atoms with Gasteiger partial charge in [-0.25, -0.2) is 13.4 Å². The van der Waals surface area contributed by atoms with Crippen LogP contribution in [0, 0.1) is 6.92 Å². The zero-order valence-corrected chi connectivity index (χ0v) is 15.3. The van der Waals surface area contributed by atoms with E-state index in [4.69, 9.17) is 4.42 Å². The van der Waals surface area contributed by atoms with Crippen LogP contribution in [-0.2, 0) is 15.6 Å². The van der Waals surface area contributed by atoms with Crippen LogP contribution in [-0.4, -0.2) is 25.6 Å². The molecule has 0 aliphatic carbocycles. The van der Waals surface area contributed by atoms with Crippen molar-refractivity contribution in [3.63, 3.8) is 0 Å². The summed E-state index contributed by atoms with van der Waals surface area (Å²) in [7, 11) is -3.10. The largest absolute Gasteiger partial charge is 0.460 e. The van der Waals surface area contributed by atoms with Gasteiger partial charge in [0.25, 0.3) is 5.91 Å². The molecule has 8 heteroatoms. The van der Waals surface area contributed by atoms with Crippen molar-refractivity contribution in [2.45, 2.75) is 12.7 Å². The number of nitrogens with zero attached hydrogens (tertiary/aromatic N) is 1. The Morgan fingerprint density at radius 3 is 2.52 bits per heavy atom. The molecule has 0 saturated carbocycles.